The molecule has 0 radical (unpaired) electrons. The van der Waals surface area contributed by atoms with Crippen LogP contribution in [-0.2, 0) is 7.05 Å². The Morgan fingerprint density at radius 3 is 2.81 bits per heavy atom. The van der Waals surface area contributed by atoms with Crippen molar-refractivity contribution in [2.45, 2.75) is 13.0 Å². The molecule has 5 heteroatoms. The van der Waals surface area contributed by atoms with Gasteiger partial charge in [0.25, 0.3) is 0 Å². The first-order chi connectivity index (χ1) is 7.18. The third-order valence-electron chi connectivity index (χ3n) is 2.38. The average molecular weight is 348 g/mol. The van der Waals surface area contributed by atoms with E-state index in [1.54, 1.807) is 0 Å². The van der Waals surface area contributed by atoms with Crippen molar-refractivity contribution < 1.29 is 26.3 Å². The molecule has 1 atom stereocenters. The van der Waals surface area contributed by atoms with Crippen LogP contribution in [0.3, 0.4) is 0 Å². The Bertz CT molecular complexity index is 464. The zero-order valence-corrected chi connectivity index (χ0v) is 12.4. The molecule has 2 aromatic rings. The maximum Gasteiger partial charge on any atom is -1.00 e. The molecule has 0 aliphatic carbocycles. The Kier molecular flexibility index (Phi) is 4.71. The van der Waals surface area contributed by atoms with E-state index in [1.165, 1.54) is 0 Å². The van der Waals surface area contributed by atoms with Crippen LogP contribution < -0.4 is 21.5 Å². The van der Waals surface area contributed by atoms with Gasteiger partial charge in [-0.25, -0.2) is 0 Å². The van der Waals surface area contributed by atoms with Crippen molar-refractivity contribution in [2.75, 3.05) is 0 Å². The van der Waals surface area contributed by atoms with E-state index in [4.69, 9.17) is 0 Å². The van der Waals surface area contributed by atoms with Gasteiger partial charge < -0.3 is 17.0 Å². The summed E-state index contributed by atoms with van der Waals surface area (Å²) in [5.74, 6) is 0.233. The van der Waals surface area contributed by atoms with E-state index in [-0.39, 0.29) is 43.3 Å². The van der Waals surface area contributed by atoms with Crippen LogP contribution in [0, 0.1) is 0 Å². The fraction of sp³-hybridized carbons (Fsp3) is 0.273. The molecular formula is C11H13BrN2OSe. The van der Waals surface area contributed by atoms with Crippen molar-refractivity contribution in [2.24, 2.45) is 7.05 Å². The second-order valence-corrected chi connectivity index (χ2v) is 5.53. The second-order valence-electron chi connectivity index (χ2n) is 3.54. The molecule has 0 bridgehead atoms. The van der Waals surface area contributed by atoms with Gasteiger partial charge in [-0.2, -0.15) is 0 Å². The van der Waals surface area contributed by atoms with Crippen LogP contribution in [0.1, 0.15) is 22.2 Å². The molecule has 0 aliphatic heterocycles. The molecule has 2 aromatic heterocycles. The van der Waals surface area contributed by atoms with E-state index in [9.17, 15) is 4.79 Å². The summed E-state index contributed by atoms with van der Waals surface area (Å²) in [5, 5.41) is 0. The number of carbonyl (C=O) groups excluding carboxylic acids is 1. The molecular weight excluding hydrogens is 335 g/mol. The molecule has 0 saturated carbocycles. The summed E-state index contributed by atoms with van der Waals surface area (Å²) in [6, 6.07) is 3.80. The summed E-state index contributed by atoms with van der Waals surface area (Å²) >= 11 is 0.237. The van der Waals surface area contributed by atoms with Crippen LogP contribution in [-0.4, -0.2) is 24.9 Å². The first-order valence-corrected chi connectivity index (χ1v) is 6.63. The first kappa shape index (κ1) is 13.4. The van der Waals surface area contributed by atoms with Crippen LogP contribution in [0.15, 0.2) is 35.8 Å². The number of nitrogens with zero attached hydrogens (tertiary/aromatic N) is 2. The number of aryl methyl sites for hydroxylation is 1. The van der Waals surface area contributed by atoms with Crippen molar-refractivity contribution in [3.05, 3.63) is 40.2 Å². The zero-order chi connectivity index (χ0) is 10.8. The molecule has 0 spiro atoms. The minimum atomic E-state index is -0.0979. The van der Waals surface area contributed by atoms with E-state index in [2.05, 4.69) is 4.94 Å². The van der Waals surface area contributed by atoms with Crippen LogP contribution >= 0.6 is 0 Å². The molecule has 0 amide bonds. The molecule has 2 rings (SSSR count). The van der Waals surface area contributed by atoms with Gasteiger partial charge in [-0.15, -0.1) is 0 Å². The maximum atomic E-state index is 12.0. The van der Waals surface area contributed by atoms with Gasteiger partial charge >= 0.3 is 94.5 Å². The first-order valence-electron chi connectivity index (χ1n) is 4.79. The summed E-state index contributed by atoms with van der Waals surface area (Å²) < 4.78 is 4.85. The van der Waals surface area contributed by atoms with Gasteiger partial charge in [-0.1, -0.05) is 0 Å². The summed E-state index contributed by atoms with van der Waals surface area (Å²) in [4.78, 5) is 14.1. The number of ketones is 1. The molecule has 2 heterocycles. The Balaban J connectivity index is 0.00000128. The molecule has 86 valence electrons. The predicted molar refractivity (Wildman–Crippen MR) is 58.0 cm³/mol. The topological polar surface area (TPSA) is 25.9 Å². The van der Waals surface area contributed by atoms with E-state index >= 15 is 0 Å². The summed E-state index contributed by atoms with van der Waals surface area (Å²) in [7, 11) is 1.95. The van der Waals surface area contributed by atoms with E-state index in [0.717, 1.165) is 4.44 Å². The molecule has 0 fully saturated rings. The molecule has 1 unspecified atom stereocenters. The minimum absolute atomic E-state index is 0. The van der Waals surface area contributed by atoms with Gasteiger partial charge in [-0.05, 0) is 0 Å². The van der Waals surface area contributed by atoms with Crippen molar-refractivity contribution in [1.29, 1.82) is 0 Å². The summed E-state index contributed by atoms with van der Waals surface area (Å²) in [5.41, 5.74) is 0. The second kappa shape index (κ2) is 5.62. The van der Waals surface area contributed by atoms with E-state index in [0.29, 0.717) is 0 Å². The van der Waals surface area contributed by atoms with Gasteiger partial charge in [0.1, 0.15) is 0 Å². The Labute approximate surface area is 111 Å². The van der Waals surface area contributed by atoms with Crippen LogP contribution in [0.4, 0.5) is 0 Å². The van der Waals surface area contributed by atoms with Gasteiger partial charge in [-0.3, -0.25) is 0 Å². The zero-order valence-electron chi connectivity index (χ0n) is 9.13. The standard InChI is InChI=1S/C11H13N2OSe.BrH/c1-9(13-6-5-12(2)8-13)11(14)10-4-3-7-15-10;/h3-9H,1-2H3;1H/q+1;/p-1. The largest absolute Gasteiger partial charge is 1.00 e. The summed E-state index contributed by atoms with van der Waals surface area (Å²) in [6.45, 7) is 1.94. The van der Waals surface area contributed by atoms with Crippen molar-refractivity contribution in [1.82, 2.24) is 4.57 Å². The number of aromatic nitrogens is 2. The molecule has 0 aromatic carbocycles. The summed E-state index contributed by atoms with van der Waals surface area (Å²) in [6.07, 6.45) is 5.80. The average Bonchev–Trinajstić information content (AvgIpc) is 2.85. The molecule has 3 nitrogen and oxygen atoms in total. The molecule has 0 N–H and O–H groups in total. The normalized spacial score (nSPS) is 11.9. The number of carbonyl (C=O) groups is 1. The monoisotopic (exact) mass is 348 g/mol. The number of imidazole rings is 1. The third kappa shape index (κ3) is 2.73. The fourth-order valence-electron chi connectivity index (χ4n) is 1.46. The van der Waals surface area contributed by atoms with Gasteiger partial charge in [0.2, 0.25) is 0 Å². The van der Waals surface area contributed by atoms with Crippen molar-refractivity contribution in [3.63, 3.8) is 0 Å². The van der Waals surface area contributed by atoms with Crippen molar-refractivity contribution in [3.8, 4) is 0 Å². The Hall–Kier alpha value is -0.641. The predicted octanol–water partition coefficient (Wildman–Crippen LogP) is -2.18. The SMILES string of the molecule is CC(C(=O)c1ccc[se]1)n1cc[n+](C)c1.[Br-]. The van der Waals surface area contributed by atoms with Gasteiger partial charge in [0, 0.05) is 0 Å². The van der Waals surface area contributed by atoms with Crippen molar-refractivity contribution >= 4 is 20.3 Å². The molecule has 0 aliphatic rings. The Morgan fingerprint density at radius 1 is 1.56 bits per heavy atom. The smallest absolute Gasteiger partial charge is 1.00 e. The van der Waals surface area contributed by atoms with E-state index < -0.39 is 0 Å². The maximum absolute atomic E-state index is 12.0. The number of hydrogen-bond donors (Lipinski definition) is 0. The molecule has 0 saturated heterocycles. The third-order valence-corrected chi connectivity index (χ3v) is 4.24. The Morgan fingerprint density at radius 2 is 2.31 bits per heavy atom. The van der Waals surface area contributed by atoms with Gasteiger partial charge in [0.15, 0.2) is 0 Å². The van der Waals surface area contributed by atoms with Crippen LogP contribution in [0.2, 0.25) is 0 Å². The number of halogens is 1. The van der Waals surface area contributed by atoms with Crippen LogP contribution in [0.25, 0.3) is 0 Å². The van der Waals surface area contributed by atoms with Crippen LogP contribution in [0.5, 0.6) is 0 Å². The minimum Gasteiger partial charge on any atom is -1.00 e. The quantitative estimate of drug-likeness (QED) is 0.352. The number of Topliss-reactive ketones (excluding diaryl/α,β-unsaturated/α-hetero) is 1. The number of rotatable bonds is 3. The molecule has 16 heavy (non-hydrogen) atoms. The number of hydrogen-bond acceptors (Lipinski definition) is 1. The fourth-order valence-corrected chi connectivity index (χ4v) is 3.03. The van der Waals surface area contributed by atoms with Gasteiger partial charge in [0.05, 0.1) is 0 Å². The van der Waals surface area contributed by atoms with E-state index in [1.807, 2.05) is 54.0 Å².